The van der Waals surface area contributed by atoms with Gasteiger partial charge in [-0.1, -0.05) is 114 Å². The van der Waals surface area contributed by atoms with Gasteiger partial charge in [0.25, 0.3) is 0 Å². The number of terminal acetylenes is 1. The summed E-state index contributed by atoms with van der Waals surface area (Å²) in [5, 5.41) is 19.4. The molecule has 4 rings (SSSR count). The molecular weight excluding hydrogens is 869 g/mol. The first-order valence-electron chi connectivity index (χ1n) is 26.0. The number of rotatable bonds is 29. The minimum absolute atomic E-state index is 0.0269. The van der Waals surface area contributed by atoms with Crippen LogP contribution in [0.2, 0.25) is 0 Å². The summed E-state index contributed by atoms with van der Waals surface area (Å²) in [5.41, 5.74) is 5.05. The van der Waals surface area contributed by atoms with Crippen LogP contribution >= 0.6 is 0 Å². The number of unbranched alkanes of at least 4 members (excludes halogenated alkanes) is 4. The summed E-state index contributed by atoms with van der Waals surface area (Å²) < 4.78 is 35.7. The van der Waals surface area contributed by atoms with Gasteiger partial charge in [-0.2, -0.15) is 0 Å². The average Bonchev–Trinajstić information content (AvgIpc) is 4.00. The molecule has 4 heterocycles. The lowest BCUT2D eigenvalue weighted by Crippen LogP contribution is -2.37. The fourth-order valence-electron chi connectivity index (χ4n) is 8.41. The molecule has 0 aromatic carbocycles. The molecule has 11 nitrogen and oxygen atoms in total. The Morgan fingerprint density at radius 2 is 1.72 bits per heavy atom. The van der Waals surface area contributed by atoms with Crippen molar-refractivity contribution in [2.24, 2.45) is 5.92 Å². The number of aliphatic hydroxyl groups is 1. The summed E-state index contributed by atoms with van der Waals surface area (Å²) in [6.45, 7) is 19.0. The highest BCUT2D eigenvalue weighted by molar-refractivity contribution is 5.79. The molecule has 8 atom stereocenters. The lowest BCUT2D eigenvalue weighted by molar-refractivity contribution is -0.131. The third kappa shape index (κ3) is 27.0. The minimum Gasteiger partial charge on any atom is -0.478 e. The Hall–Kier alpha value is -4.31. The zero-order valence-corrected chi connectivity index (χ0v) is 44.0. The van der Waals surface area contributed by atoms with Gasteiger partial charge in [-0.05, 0) is 109 Å². The van der Waals surface area contributed by atoms with Gasteiger partial charge in [0, 0.05) is 39.6 Å². The number of methoxy groups -OCH3 is 2. The van der Waals surface area contributed by atoms with Crippen LogP contribution < -0.4 is 0 Å². The van der Waals surface area contributed by atoms with Crippen molar-refractivity contribution < 1.29 is 42.8 Å². The number of oxazole rings is 2. The number of ether oxygens (including phenoxy) is 4. The Balaban J connectivity index is 0.00000258. The topological polar surface area (TPSA) is 147 Å². The van der Waals surface area contributed by atoms with Crippen LogP contribution in [0.3, 0.4) is 0 Å². The molecular formula is C58H90N2O9. The lowest BCUT2D eigenvalue weighted by Gasteiger charge is -2.34. The number of allylic oxidation sites excluding steroid dienone is 5. The predicted molar refractivity (Wildman–Crippen MR) is 280 cm³/mol. The summed E-state index contributed by atoms with van der Waals surface area (Å²) in [6.07, 6.45) is 41.2. The largest absolute Gasteiger partial charge is 0.478 e. The van der Waals surface area contributed by atoms with Crippen molar-refractivity contribution in [1.29, 1.82) is 0 Å². The van der Waals surface area contributed by atoms with Gasteiger partial charge in [0.05, 0.1) is 43.0 Å². The molecule has 0 saturated carbocycles. The standard InChI is InChI=1S/C52H74N2O9.C4H10.C2H6/c1-8-17-43(58-6)26-24-37(2)25-27-45-32-46(59-7)33-47(62-45)34-51-53-41(35-60-51)29-40(5)28-38(3)18-12-9-10-14-22-50-54-48(36-61-50)49-21-16-20-44(63-49)31-42(55)30-39(4)19-13-11-15-23-52(56)57;1-3-4-2;1-2/h1,14-15,22-26,29,35-36,38,42-47,49,55H,4,9-13,16-21,27-28,30-34H2,2-3,5-7H3,(H,56,57);3-4H2,1-2H3;1-2H3/b22-14+,23-15-,26-24+,37-25+,40-29+;;. The van der Waals surface area contributed by atoms with E-state index in [1.165, 1.54) is 18.4 Å². The third-order valence-corrected chi connectivity index (χ3v) is 12.2. The van der Waals surface area contributed by atoms with Gasteiger partial charge in [0.15, 0.2) is 5.89 Å². The molecule has 11 heteroatoms. The van der Waals surface area contributed by atoms with E-state index < -0.39 is 12.1 Å². The molecule has 0 aliphatic carbocycles. The molecule has 0 spiro atoms. The smallest absolute Gasteiger partial charge is 0.327 e. The SMILES string of the molecule is C#CCC(/C=C/C(C)=C/CC1CC(OC)CC(Cc2nc(/C=C(\C)CC(C)CCCC/C=C/c3nc(C4CCCC(CC(O)CC(=C)CCC/C=C\C(=O)O)O4)co3)co2)O1)OC.CC.CCCC. The van der Waals surface area contributed by atoms with Gasteiger partial charge in [-0.3, -0.25) is 0 Å². The molecule has 69 heavy (non-hydrogen) atoms. The van der Waals surface area contributed by atoms with E-state index in [9.17, 15) is 9.90 Å². The van der Waals surface area contributed by atoms with Gasteiger partial charge < -0.3 is 38.0 Å². The van der Waals surface area contributed by atoms with E-state index in [0.29, 0.717) is 49.8 Å². The Morgan fingerprint density at radius 3 is 2.43 bits per heavy atom. The second-order valence-corrected chi connectivity index (χ2v) is 18.6. The molecule has 2 saturated heterocycles. The highest BCUT2D eigenvalue weighted by Crippen LogP contribution is 2.34. The van der Waals surface area contributed by atoms with E-state index in [4.69, 9.17) is 49.3 Å². The zero-order chi connectivity index (χ0) is 50.8. The van der Waals surface area contributed by atoms with Gasteiger partial charge >= 0.3 is 5.97 Å². The van der Waals surface area contributed by atoms with Crippen molar-refractivity contribution in [2.75, 3.05) is 14.2 Å². The monoisotopic (exact) mass is 959 g/mol. The molecule has 2 fully saturated rings. The van der Waals surface area contributed by atoms with Crippen LogP contribution in [-0.2, 0) is 30.2 Å². The second kappa shape index (κ2) is 36.6. The van der Waals surface area contributed by atoms with Crippen LogP contribution in [0.1, 0.15) is 200 Å². The lowest BCUT2D eigenvalue weighted by atomic mass is 9.95. The Kier molecular flexibility index (Phi) is 32.3. The number of carboxylic acids is 1. The zero-order valence-electron chi connectivity index (χ0n) is 44.0. The van der Waals surface area contributed by atoms with Gasteiger partial charge in [-0.25, -0.2) is 14.8 Å². The molecule has 0 bridgehead atoms. The summed E-state index contributed by atoms with van der Waals surface area (Å²) in [6, 6.07) is 0. The van der Waals surface area contributed by atoms with Crippen molar-refractivity contribution in [3.05, 3.63) is 95.4 Å². The average molecular weight is 959 g/mol. The van der Waals surface area contributed by atoms with Crippen LogP contribution in [0.5, 0.6) is 0 Å². The molecule has 0 radical (unpaired) electrons. The molecule has 386 valence electrons. The Labute approximate surface area is 417 Å². The molecule has 2 aromatic heterocycles. The van der Waals surface area contributed by atoms with Crippen molar-refractivity contribution in [2.45, 2.75) is 220 Å². The van der Waals surface area contributed by atoms with E-state index >= 15 is 0 Å². The summed E-state index contributed by atoms with van der Waals surface area (Å²) in [5.74, 6) is 3.54. The third-order valence-electron chi connectivity index (χ3n) is 12.2. The normalized spacial score (nSPS) is 21.3. The first kappa shape index (κ1) is 60.8. The first-order valence-corrected chi connectivity index (χ1v) is 26.0. The summed E-state index contributed by atoms with van der Waals surface area (Å²) in [7, 11) is 3.44. The number of aliphatic carboxylic acids is 1. The van der Waals surface area contributed by atoms with Crippen LogP contribution in [-0.4, -0.2) is 77.0 Å². The van der Waals surface area contributed by atoms with Crippen LogP contribution in [0.15, 0.2) is 81.1 Å². The van der Waals surface area contributed by atoms with Crippen molar-refractivity contribution in [1.82, 2.24) is 9.97 Å². The number of hydrogen-bond donors (Lipinski definition) is 2. The number of aromatic nitrogens is 2. The maximum Gasteiger partial charge on any atom is 0.327 e. The van der Waals surface area contributed by atoms with Crippen molar-refractivity contribution >= 4 is 18.1 Å². The maximum absolute atomic E-state index is 10.7. The molecule has 2 aliphatic heterocycles. The van der Waals surface area contributed by atoms with Crippen LogP contribution in [0.4, 0.5) is 0 Å². The number of nitrogens with zero attached hydrogens (tertiary/aromatic N) is 2. The number of carbonyl (C=O) groups is 1. The van der Waals surface area contributed by atoms with E-state index in [2.05, 4.69) is 71.4 Å². The predicted octanol–water partition coefficient (Wildman–Crippen LogP) is 14.4. The first-order chi connectivity index (χ1) is 33.3. The van der Waals surface area contributed by atoms with E-state index in [1.54, 1.807) is 32.8 Å². The van der Waals surface area contributed by atoms with E-state index in [-0.39, 0.29) is 36.6 Å². The maximum atomic E-state index is 10.7. The summed E-state index contributed by atoms with van der Waals surface area (Å²) >= 11 is 0. The Bertz CT molecular complexity index is 1890. The van der Waals surface area contributed by atoms with Crippen LogP contribution in [0, 0.1) is 18.3 Å². The fourth-order valence-corrected chi connectivity index (χ4v) is 8.41. The summed E-state index contributed by atoms with van der Waals surface area (Å²) in [4.78, 5) is 20.1. The number of hydrogen-bond acceptors (Lipinski definition) is 10. The molecule has 2 aromatic rings. The van der Waals surface area contributed by atoms with Crippen LogP contribution in [0.25, 0.3) is 12.2 Å². The van der Waals surface area contributed by atoms with Crippen molar-refractivity contribution in [3.63, 3.8) is 0 Å². The minimum atomic E-state index is -0.935. The molecule has 8 unspecified atom stereocenters. The molecule has 2 N–H and O–H groups in total. The van der Waals surface area contributed by atoms with Gasteiger partial charge in [0.1, 0.15) is 30.0 Å². The highest BCUT2D eigenvalue weighted by atomic mass is 16.5. The fraction of sp³-hybridized carbons (Fsp3) is 0.638. The highest BCUT2D eigenvalue weighted by Gasteiger charge is 2.31. The van der Waals surface area contributed by atoms with Gasteiger partial charge in [0.2, 0.25) is 5.89 Å². The second-order valence-electron chi connectivity index (χ2n) is 18.6. The van der Waals surface area contributed by atoms with E-state index in [1.807, 2.05) is 26.0 Å². The van der Waals surface area contributed by atoms with Crippen molar-refractivity contribution in [3.8, 4) is 12.3 Å². The van der Waals surface area contributed by atoms with E-state index in [0.717, 1.165) is 112 Å². The number of aliphatic hydroxyl groups excluding tert-OH is 1. The number of carboxylic acid groups (broad SMARTS) is 1. The molecule has 2 aliphatic rings. The Morgan fingerprint density at radius 1 is 0.971 bits per heavy atom. The molecule has 0 amide bonds. The quantitative estimate of drug-likeness (QED) is 0.0264. The van der Waals surface area contributed by atoms with Gasteiger partial charge in [-0.15, -0.1) is 12.3 Å².